The molecule has 0 saturated carbocycles. The molecule has 0 bridgehead atoms. The summed E-state index contributed by atoms with van der Waals surface area (Å²) in [7, 11) is 0. The normalized spacial score (nSPS) is 14.5. The molecule has 236 valence electrons. The molecule has 0 radical (unpaired) electrons. The van der Waals surface area contributed by atoms with Crippen molar-refractivity contribution in [2.24, 2.45) is 4.99 Å². The standard InChI is InChI=1S/C31H40N6O7/c1-30(2,3)43-28(41)36-27(37-29(42)44-31(4,5)6)34-21-12-10-20(11-13-21)25(39)33-22-9-7-8-19(18-22)16-17-32-26(40)23-14-15-24(38)35-23/h7-13,18,23H,14-17H2,1-6H3,(H,32,40)(H,33,39)(H,35,38)(H2,34,36,37,41,42). The molecule has 0 aliphatic carbocycles. The van der Waals surface area contributed by atoms with E-state index in [9.17, 15) is 24.0 Å². The van der Waals surface area contributed by atoms with Crippen LogP contribution in [-0.2, 0) is 25.5 Å². The number of carbonyl (C=O) groups is 5. The first-order valence-corrected chi connectivity index (χ1v) is 14.2. The van der Waals surface area contributed by atoms with Crippen molar-refractivity contribution in [1.82, 2.24) is 21.3 Å². The molecule has 1 unspecified atom stereocenters. The number of ether oxygens (including phenoxy) is 2. The maximum atomic E-state index is 12.9. The molecule has 13 heteroatoms. The van der Waals surface area contributed by atoms with Gasteiger partial charge in [-0.15, -0.1) is 0 Å². The maximum absolute atomic E-state index is 12.9. The number of aliphatic imine (C=N–C) groups is 1. The quantitative estimate of drug-likeness (QED) is 0.234. The lowest BCUT2D eigenvalue weighted by atomic mass is 10.1. The van der Waals surface area contributed by atoms with E-state index in [1.54, 1.807) is 77.9 Å². The van der Waals surface area contributed by atoms with Crippen LogP contribution in [0.4, 0.5) is 21.0 Å². The highest BCUT2D eigenvalue weighted by molar-refractivity contribution is 6.05. The molecule has 1 saturated heterocycles. The average Bonchev–Trinajstić information content (AvgIpc) is 3.33. The van der Waals surface area contributed by atoms with Crippen LogP contribution in [0.1, 0.15) is 70.3 Å². The second-order valence-electron chi connectivity index (χ2n) is 12.1. The number of amides is 5. The van der Waals surface area contributed by atoms with Gasteiger partial charge in [0.15, 0.2) is 0 Å². The van der Waals surface area contributed by atoms with E-state index in [4.69, 9.17) is 9.47 Å². The van der Waals surface area contributed by atoms with E-state index in [-0.39, 0.29) is 23.7 Å². The summed E-state index contributed by atoms with van der Waals surface area (Å²) < 4.78 is 10.5. The lowest BCUT2D eigenvalue weighted by Crippen LogP contribution is -2.47. The van der Waals surface area contributed by atoms with Crippen molar-refractivity contribution >= 4 is 47.2 Å². The fourth-order valence-corrected chi connectivity index (χ4v) is 3.98. The molecule has 5 amide bonds. The minimum absolute atomic E-state index is 0.119. The molecule has 1 heterocycles. The summed E-state index contributed by atoms with van der Waals surface area (Å²) in [5.41, 5.74) is 0.620. The van der Waals surface area contributed by atoms with E-state index >= 15 is 0 Å². The van der Waals surface area contributed by atoms with Crippen LogP contribution in [0.3, 0.4) is 0 Å². The van der Waals surface area contributed by atoms with Gasteiger partial charge >= 0.3 is 12.2 Å². The average molecular weight is 609 g/mol. The van der Waals surface area contributed by atoms with Gasteiger partial charge in [-0.05, 0) is 96.3 Å². The number of nitrogens with zero attached hydrogens (tertiary/aromatic N) is 1. The van der Waals surface area contributed by atoms with Gasteiger partial charge in [0, 0.05) is 24.2 Å². The number of hydrogen-bond acceptors (Lipinski definition) is 8. The highest BCUT2D eigenvalue weighted by atomic mass is 16.6. The van der Waals surface area contributed by atoms with Crippen LogP contribution in [0.2, 0.25) is 0 Å². The molecule has 44 heavy (non-hydrogen) atoms. The van der Waals surface area contributed by atoms with Crippen LogP contribution in [0.15, 0.2) is 53.5 Å². The minimum Gasteiger partial charge on any atom is -0.444 e. The molecule has 0 spiro atoms. The SMILES string of the molecule is CC(C)(C)OC(=O)NC(=Nc1ccc(C(=O)Nc2cccc(CCNC(=O)C3CCC(=O)N3)c2)cc1)NC(=O)OC(C)(C)C. The first kappa shape index (κ1) is 33.6. The van der Waals surface area contributed by atoms with Gasteiger partial charge in [-0.1, -0.05) is 12.1 Å². The van der Waals surface area contributed by atoms with Crippen LogP contribution in [-0.4, -0.2) is 59.7 Å². The third-order valence-electron chi connectivity index (χ3n) is 5.82. The first-order valence-electron chi connectivity index (χ1n) is 14.2. The van der Waals surface area contributed by atoms with E-state index in [1.165, 1.54) is 0 Å². The molecular weight excluding hydrogens is 568 g/mol. The summed E-state index contributed by atoms with van der Waals surface area (Å²) in [6, 6.07) is 13.0. The van der Waals surface area contributed by atoms with E-state index < -0.39 is 29.4 Å². The zero-order valence-electron chi connectivity index (χ0n) is 25.8. The molecule has 1 atom stereocenters. The summed E-state index contributed by atoms with van der Waals surface area (Å²) in [5.74, 6) is -0.902. The van der Waals surface area contributed by atoms with Gasteiger partial charge in [0.1, 0.15) is 17.2 Å². The van der Waals surface area contributed by atoms with Crippen LogP contribution >= 0.6 is 0 Å². The number of guanidine groups is 1. The molecule has 2 aromatic rings. The number of alkyl carbamates (subject to hydrolysis) is 2. The van der Waals surface area contributed by atoms with Gasteiger partial charge < -0.3 is 25.4 Å². The second-order valence-corrected chi connectivity index (χ2v) is 12.1. The first-order chi connectivity index (χ1) is 20.6. The van der Waals surface area contributed by atoms with Crippen molar-refractivity contribution in [2.45, 2.75) is 78.0 Å². The Morgan fingerprint density at radius 1 is 0.909 bits per heavy atom. The molecule has 2 aromatic carbocycles. The van der Waals surface area contributed by atoms with Gasteiger partial charge in [0.05, 0.1) is 5.69 Å². The van der Waals surface area contributed by atoms with Crippen molar-refractivity contribution in [3.63, 3.8) is 0 Å². The van der Waals surface area contributed by atoms with Crippen molar-refractivity contribution in [3.05, 3.63) is 59.7 Å². The number of anilines is 1. The zero-order valence-corrected chi connectivity index (χ0v) is 25.8. The van der Waals surface area contributed by atoms with Crippen LogP contribution in [0.25, 0.3) is 0 Å². The lowest BCUT2D eigenvalue weighted by molar-refractivity contribution is -0.125. The minimum atomic E-state index is -0.824. The molecule has 0 aromatic heterocycles. The summed E-state index contributed by atoms with van der Waals surface area (Å²) >= 11 is 0. The van der Waals surface area contributed by atoms with Gasteiger partial charge in [0.2, 0.25) is 17.8 Å². The third kappa shape index (κ3) is 11.7. The zero-order chi connectivity index (χ0) is 32.5. The Bertz CT molecular complexity index is 1380. The van der Waals surface area contributed by atoms with Crippen molar-refractivity contribution in [1.29, 1.82) is 0 Å². The highest BCUT2D eigenvalue weighted by Crippen LogP contribution is 2.17. The Morgan fingerprint density at radius 2 is 1.52 bits per heavy atom. The number of carbonyl (C=O) groups excluding carboxylic acids is 5. The molecule has 1 aliphatic heterocycles. The largest absolute Gasteiger partial charge is 0.444 e. The van der Waals surface area contributed by atoms with Gasteiger partial charge in [0.25, 0.3) is 5.91 Å². The predicted octanol–water partition coefficient (Wildman–Crippen LogP) is 3.91. The topological polar surface area (TPSA) is 176 Å². The van der Waals surface area contributed by atoms with Crippen LogP contribution in [0, 0.1) is 0 Å². The Morgan fingerprint density at radius 3 is 2.07 bits per heavy atom. The Kier molecular flexibility index (Phi) is 11.1. The summed E-state index contributed by atoms with van der Waals surface area (Å²) in [6.45, 7) is 10.6. The molecule has 3 rings (SSSR count). The molecule has 13 nitrogen and oxygen atoms in total. The fraction of sp³-hybridized carbons (Fsp3) is 0.419. The monoisotopic (exact) mass is 608 g/mol. The maximum Gasteiger partial charge on any atom is 0.414 e. The number of nitrogens with one attached hydrogen (secondary N) is 5. The second kappa shape index (κ2) is 14.5. The molecule has 5 N–H and O–H groups in total. The molecule has 1 fully saturated rings. The fourth-order valence-electron chi connectivity index (χ4n) is 3.98. The summed E-state index contributed by atoms with van der Waals surface area (Å²) in [6.07, 6.45) is -0.259. The lowest BCUT2D eigenvalue weighted by Gasteiger charge is -2.22. The van der Waals surface area contributed by atoms with Crippen molar-refractivity contribution in [2.75, 3.05) is 11.9 Å². The van der Waals surface area contributed by atoms with Gasteiger partial charge in [-0.25, -0.2) is 14.6 Å². The van der Waals surface area contributed by atoms with Crippen LogP contribution < -0.4 is 26.6 Å². The van der Waals surface area contributed by atoms with Crippen molar-refractivity contribution < 1.29 is 33.4 Å². The number of hydrogen-bond donors (Lipinski definition) is 5. The van der Waals surface area contributed by atoms with E-state index in [0.717, 1.165) is 5.56 Å². The van der Waals surface area contributed by atoms with Crippen LogP contribution in [0.5, 0.6) is 0 Å². The van der Waals surface area contributed by atoms with E-state index in [1.807, 2.05) is 12.1 Å². The predicted molar refractivity (Wildman–Crippen MR) is 165 cm³/mol. The highest BCUT2D eigenvalue weighted by Gasteiger charge is 2.26. The molecule has 1 aliphatic rings. The Hall–Kier alpha value is -4.94. The molecular formula is C31H40N6O7. The van der Waals surface area contributed by atoms with Gasteiger partial charge in [-0.3, -0.25) is 25.0 Å². The number of rotatable bonds is 7. The van der Waals surface area contributed by atoms with E-state index in [2.05, 4.69) is 31.6 Å². The van der Waals surface area contributed by atoms with E-state index in [0.29, 0.717) is 42.7 Å². The third-order valence-corrected chi connectivity index (χ3v) is 5.82. The summed E-state index contributed by atoms with van der Waals surface area (Å²) in [5, 5.41) is 13.1. The smallest absolute Gasteiger partial charge is 0.414 e. The number of benzene rings is 2. The van der Waals surface area contributed by atoms with Crippen molar-refractivity contribution in [3.8, 4) is 0 Å². The Labute approximate surface area is 256 Å². The van der Waals surface area contributed by atoms with Gasteiger partial charge in [-0.2, -0.15) is 0 Å². The Balaban J connectivity index is 1.62. The summed E-state index contributed by atoms with van der Waals surface area (Å²) in [4.78, 5) is 65.3.